The molecular formula is C21H23FN2O4. The summed E-state index contributed by atoms with van der Waals surface area (Å²) in [4.78, 5) is 35.5. The monoisotopic (exact) mass is 386 g/mol. The molecule has 7 heteroatoms. The summed E-state index contributed by atoms with van der Waals surface area (Å²) in [5.74, 6) is -2.44. The molecule has 0 fully saturated rings. The second kappa shape index (κ2) is 10.2. The lowest BCUT2D eigenvalue weighted by molar-refractivity contribution is -0.141. The van der Waals surface area contributed by atoms with E-state index in [0.717, 1.165) is 5.56 Å². The van der Waals surface area contributed by atoms with Gasteiger partial charge in [-0.05, 0) is 30.2 Å². The van der Waals surface area contributed by atoms with Crippen LogP contribution in [0.25, 0.3) is 0 Å². The van der Waals surface area contributed by atoms with Gasteiger partial charge in [-0.1, -0.05) is 42.5 Å². The van der Waals surface area contributed by atoms with Gasteiger partial charge in [-0.3, -0.25) is 9.59 Å². The van der Waals surface area contributed by atoms with E-state index in [1.165, 1.54) is 24.3 Å². The fourth-order valence-corrected chi connectivity index (χ4v) is 2.69. The molecule has 0 aromatic heterocycles. The number of carboxylic acids is 1. The molecule has 0 saturated heterocycles. The summed E-state index contributed by atoms with van der Waals surface area (Å²) in [6.45, 7) is 1.84. The van der Waals surface area contributed by atoms with Crippen molar-refractivity contribution < 1.29 is 23.9 Å². The maximum Gasteiger partial charge on any atom is 0.326 e. The van der Waals surface area contributed by atoms with Crippen LogP contribution >= 0.6 is 0 Å². The molecule has 2 aromatic rings. The van der Waals surface area contributed by atoms with Crippen LogP contribution in [0.1, 0.15) is 36.9 Å². The zero-order chi connectivity index (χ0) is 20.5. The fraction of sp³-hybridized carbons (Fsp3) is 0.286. The summed E-state index contributed by atoms with van der Waals surface area (Å²) >= 11 is 0. The van der Waals surface area contributed by atoms with Crippen molar-refractivity contribution in [1.29, 1.82) is 0 Å². The highest BCUT2D eigenvalue weighted by molar-refractivity contribution is 5.87. The van der Waals surface area contributed by atoms with E-state index >= 15 is 0 Å². The van der Waals surface area contributed by atoms with Gasteiger partial charge in [0.2, 0.25) is 11.8 Å². The van der Waals surface area contributed by atoms with Gasteiger partial charge in [0, 0.05) is 19.3 Å². The number of amides is 2. The van der Waals surface area contributed by atoms with Crippen molar-refractivity contribution in [3.63, 3.8) is 0 Å². The van der Waals surface area contributed by atoms with Gasteiger partial charge >= 0.3 is 5.97 Å². The number of carbonyl (C=O) groups is 3. The van der Waals surface area contributed by atoms with E-state index in [-0.39, 0.29) is 31.2 Å². The SMILES string of the molecule is C[C@@H](NC(=O)CCC(=O)N[C@H](Cc1ccc(F)cc1)C(=O)O)c1ccccc1. The second-order valence-corrected chi connectivity index (χ2v) is 6.49. The quantitative estimate of drug-likeness (QED) is 0.617. The maximum atomic E-state index is 12.9. The lowest BCUT2D eigenvalue weighted by Gasteiger charge is -2.16. The summed E-state index contributed by atoms with van der Waals surface area (Å²) in [5, 5.41) is 14.5. The van der Waals surface area contributed by atoms with Gasteiger partial charge in [-0.25, -0.2) is 9.18 Å². The fourth-order valence-electron chi connectivity index (χ4n) is 2.69. The second-order valence-electron chi connectivity index (χ2n) is 6.49. The molecule has 28 heavy (non-hydrogen) atoms. The highest BCUT2D eigenvalue weighted by atomic mass is 19.1. The molecule has 148 valence electrons. The molecule has 0 radical (unpaired) electrons. The van der Waals surface area contributed by atoms with E-state index in [1.807, 2.05) is 37.3 Å². The first-order valence-electron chi connectivity index (χ1n) is 8.96. The number of hydrogen-bond acceptors (Lipinski definition) is 3. The minimum atomic E-state index is -1.19. The van der Waals surface area contributed by atoms with Crippen molar-refractivity contribution in [2.24, 2.45) is 0 Å². The Kier molecular flexibility index (Phi) is 7.68. The van der Waals surface area contributed by atoms with Crippen LogP contribution in [0.2, 0.25) is 0 Å². The minimum Gasteiger partial charge on any atom is -0.480 e. The molecule has 0 saturated carbocycles. The number of hydrogen-bond donors (Lipinski definition) is 3. The standard InChI is InChI=1S/C21H23FN2O4/c1-14(16-5-3-2-4-6-16)23-19(25)11-12-20(26)24-18(21(27)28)13-15-7-9-17(22)10-8-15/h2-10,14,18H,11-13H2,1H3,(H,23,25)(H,24,26)(H,27,28)/t14-,18-/m1/s1. The third kappa shape index (κ3) is 6.83. The highest BCUT2D eigenvalue weighted by Gasteiger charge is 2.21. The Bertz CT molecular complexity index is 809. The van der Waals surface area contributed by atoms with E-state index < -0.39 is 23.7 Å². The van der Waals surface area contributed by atoms with E-state index in [2.05, 4.69) is 10.6 Å². The van der Waals surface area contributed by atoms with Crippen molar-refractivity contribution in [3.05, 3.63) is 71.5 Å². The average molecular weight is 386 g/mol. The van der Waals surface area contributed by atoms with Crippen molar-refractivity contribution in [3.8, 4) is 0 Å². The lowest BCUT2D eigenvalue weighted by atomic mass is 10.1. The van der Waals surface area contributed by atoms with Crippen LogP contribution in [0.3, 0.4) is 0 Å². The number of benzene rings is 2. The summed E-state index contributed by atoms with van der Waals surface area (Å²) in [5.41, 5.74) is 1.54. The van der Waals surface area contributed by atoms with Crippen LogP contribution in [0.4, 0.5) is 4.39 Å². The zero-order valence-electron chi connectivity index (χ0n) is 15.5. The minimum absolute atomic E-state index is 0.0264. The number of aliphatic carboxylic acids is 1. The number of halogens is 1. The van der Waals surface area contributed by atoms with Crippen LogP contribution in [-0.2, 0) is 20.8 Å². The van der Waals surface area contributed by atoms with Gasteiger partial charge in [-0.2, -0.15) is 0 Å². The Morgan fingerprint density at radius 1 is 0.929 bits per heavy atom. The van der Waals surface area contributed by atoms with E-state index in [0.29, 0.717) is 5.56 Å². The first kappa shape index (κ1) is 21.1. The zero-order valence-corrected chi connectivity index (χ0v) is 15.5. The van der Waals surface area contributed by atoms with Gasteiger partial charge in [0.25, 0.3) is 0 Å². The summed E-state index contributed by atoms with van der Waals surface area (Å²) in [6, 6.07) is 13.5. The Morgan fingerprint density at radius 3 is 2.07 bits per heavy atom. The number of carbonyl (C=O) groups excluding carboxylic acids is 2. The molecule has 0 aliphatic heterocycles. The van der Waals surface area contributed by atoms with Crippen LogP contribution in [0, 0.1) is 5.82 Å². The van der Waals surface area contributed by atoms with Gasteiger partial charge in [0.15, 0.2) is 0 Å². The molecule has 2 amide bonds. The van der Waals surface area contributed by atoms with Crippen molar-refractivity contribution in [2.75, 3.05) is 0 Å². The molecule has 6 nitrogen and oxygen atoms in total. The Morgan fingerprint density at radius 2 is 1.50 bits per heavy atom. The third-order valence-corrected chi connectivity index (χ3v) is 4.24. The molecule has 2 atom stereocenters. The molecule has 0 aliphatic carbocycles. The van der Waals surface area contributed by atoms with Crippen molar-refractivity contribution >= 4 is 17.8 Å². The normalized spacial score (nSPS) is 12.6. The highest BCUT2D eigenvalue weighted by Crippen LogP contribution is 2.11. The number of nitrogens with one attached hydrogen (secondary N) is 2. The molecule has 2 rings (SSSR count). The first-order valence-corrected chi connectivity index (χ1v) is 8.96. The van der Waals surface area contributed by atoms with Gasteiger partial charge in [0.1, 0.15) is 11.9 Å². The van der Waals surface area contributed by atoms with Crippen molar-refractivity contribution in [1.82, 2.24) is 10.6 Å². The molecule has 2 aromatic carbocycles. The molecule has 0 unspecified atom stereocenters. The number of rotatable bonds is 9. The molecule has 3 N–H and O–H groups in total. The molecule has 0 spiro atoms. The van der Waals surface area contributed by atoms with Gasteiger partial charge in [0.05, 0.1) is 6.04 Å². The van der Waals surface area contributed by atoms with Crippen LogP contribution in [0.5, 0.6) is 0 Å². The predicted octanol–water partition coefficient (Wildman–Crippen LogP) is 2.60. The van der Waals surface area contributed by atoms with E-state index in [4.69, 9.17) is 0 Å². The van der Waals surface area contributed by atoms with Crippen LogP contribution in [0.15, 0.2) is 54.6 Å². The van der Waals surface area contributed by atoms with Crippen LogP contribution < -0.4 is 10.6 Å². The Labute approximate surface area is 162 Å². The van der Waals surface area contributed by atoms with E-state index in [1.54, 1.807) is 0 Å². The Balaban J connectivity index is 1.81. The largest absolute Gasteiger partial charge is 0.480 e. The van der Waals surface area contributed by atoms with Crippen LogP contribution in [-0.4, -0.2) is 28.9 Å². The maximum absolute atomic E-state index is 12.9. The molecule has 0 bridgehead atoms. The average Bonchev–Trinajstić information content (AvgIpc) is 2.68. The summed E-state index contributed by atoms with van der Waals surface area (Å²) in [6.07, 6.45) is -0.148. The lowest BCUT2D eigenvalue weighted by Crippen LogP contribution is -2.42. The van der Waals surface area contributed by atoms with Gasteiger partial charge < -0.3 is 15.7 Å². The Hall–Kier alpha value is -3.22. The van der Waals surface area contributed by atoms with E-state index in [9.17, 15) is 23.9 Å². The molecule has 0 heterocycles. The smallest absolute Gasteiger partial charge is 0.326 e. The summed E-state index contributed by atoms with van der Waals surface area (Å²) in [7, 11) is 0. The topological polar surface area (TPSA) is 95.5 Å². The number of carboxylic acid groups (broad SMARTS) is 1. The molecular weight excluding hydrogens is 363 g/mol. The molecule has 0 aliphatic rings. The first-order chi connectivity index (χ1) is 13.3. The predicted molar refractivity (Wildman–Crippen MR) is 102 cm³/mol. The summed E-state index contributed by atoms with van der Waals surface area (Å²) < 4.78 is 12.9. The van der Waals surface area contributed by atoms with Gasteiger partial charge in [-0.15, -0.1) is 0 Å². The third-order valence-electron chi connectivity index (χ3n) is 4.24. The van der Waals surface area contributed by atoms with Crippen molar-refractivity contribution in [2.45, 2.75) is 38.3 Å².